The van der Waals surface area contributed by atoms with Gasteiger partial charge in [0.15, 0.2) is 5.96 Å². The van der Waals surface area contributed by atoms with E-state index in [0.29, 0.717) is 18.3 Å². The smallest absolute Gasteiger partial charge is 0.194 e. The maximum Gasteiger partial charge on any atom is 0.194 e. The molecule has 0 bridgehead atoms. The molecule has 0 aromatic carbocycles. The number of aliphatic imine (C=N–C) groups is 1. The molecule has 1 aromatic heterocycles. The Labute approximate surface area is 101 Å². The minimum Gasteiger partial charge on any atom is -0.396 e. The summed E-state index contributed by atoms with van der Waals surface area (Å²) in [7, 11) is 0. The number of pyridine rings is 1. The van der Waals surface area contributed by atoms with E-state index in [-0.39, 0.29) is 12.0 Å². The lowest BCUT2D eigenvalue weighted by atomic mass is 9.69. The number of hydrogen-bond acceptors (Lipinski definition) is 3. The summed E-state index contributed by atoms with van der Waals surface area (Å²) in [4.78, 5) is 8.36. The number of nitrogens with one attached hydrogen (secondary N) is 1. The summed E-state index contributed by atoms with van der Waals surface area (Å²) in [6.07, 6.45) is 4.92. The third-order valence-electron chi connectivity index (χ3n) is 3.26. The lowest BCUT2D eigenvalue weighted by Crippen LogP contribution is -2.37. The largest absolute Gasteiger partial charge is 0.396 e. The highest BCUT2D eigenvalue weighted by atomic mass is 16.3. The van der Waals surface area contributed by atoms with Gasteiger partial charge < -0.3 is 16.2 Å². The van der Waals surface area contributed by atoms with Crippen molar-refractivity contribution in [1.29, 1.82) is 0 Å². The van der Waals surface area contributed by atoms with Crippen LogP contribution in [0.4, 0.5) is 5.82 Å². The molecule has 1 heterocycles. The molecule has 0 aliphatic heterocycles. The maximum absolute atomic E-state index is 9.30. The second kappa shape index (κ2) is 5.14. The Kier molecular flexibility index (Phi) is 3.58. The summed E-state index contributed by atoms with van der Waals surface area (Å²) in [6, 6.07) is 5.55. The second-order valence-electron chi connectivity index (χ2n) is 4.55. The first-order valence-corrected chi connectivity index (χ1v) is 5.83. The van der Waals surface area contributed by atoms with Gasteiger partial charge in [0.05, 0.1) is 13.2 Å². The Balaban J connectivity index is 1.89. The third-order valence-corrected chi connectivity index (χ3v) is 3.26. The van der Waals surface area contributed by atoms with Crippen LogP contribution in [0.1, 0.15) is 19.3 Å². The van der Waals surface area contributed by atoms with Crippen LogP contribution in [0.15, 0.2) is 29.4 Å². The standard InChI is InChI=1S/C12H18N4O/c13-11(16-10-4-1-2-7-14-10)15-8-12(9-17)5-3-6-12/h1-2,4,7,17H,3,5-6,8-9H2,(H3,13,14,15,16). The molecule has 4 N–H and O–H groups in total. The molecular formula is C12H18N4O. The van der Waals surface area contributed by atoms with E-state index in [0.717, 1.165) is 12.8 Å². The van der Waals surface area contributed by atoms with Crippen LogP contribution in [-0.4, -0.2) is 29.2 Å². The number of nitrogens with two attached hydrogens (primary N) is 1. The van der Waals surface area contributed by atoms with Gasteiger partial charge in [-0.3, -0.25) is 4.99 Å². The van der Waals surface area contributed by atoms with Crippen molar-refractivity contribution in [3.63, 3.8) is 0 Å². The normalized spacial score (nSPS) is 18.5. The number of aliphatic hydroxyl groups is 1. The SMILES string of the molecule is NC(=NCC1(CO)CCC1)Nc1ccccn1. The molecule has 0 radical (unpaired) electrons. The fourth-order valence-corrected chi connectivity index (χ4v) is 1.90. The molecule has 0 atom stereocenters. The van der Waals surface area contributed by atoms with Crippen LogP contribution in [0.25, 0.3) is 0 Å². The molecule has 1 fully saturated rings. The van der Waals surface area contributed by atoms with Gasteiger partial charge in [-0.2, -0.15) is 0 Å². The van der Waals surface area contributed by atoms with Crippen molar-refractivity contribution < 1.29 is 5.11 Å². The van der Waals surface area contributed by atoms with E-state index in [4.69, 9.17) is 5.73 Å². The molecule has 5 nitrogen and oxygen atoms in total. The summed E-state index contributed by atoms with van der Waals surface area (Å²) in [6.45, 7) is 0.766. The Morgan fingerprint density at radius 1 is 1.53 bits per heavy atom. The van der Waals surface area contributed by atoms with E-state index in [1.807, 2.05) is 18.2 Å². The molecule has 0 unspecified atom stereocenters. The van der Waals surface area contributed by atoms with Gasteiger partial charge in [0, 0.05) is 11.6 Å². The fourth-order valence-electron chi connectivity index (χ4n) is 1.90. The Bertz CT molecular complexity index is 381. The summed E-state index contributed by atoms with van der Waals surface area (Å²) in [5, 5.41) is 12.2. The average molecular weight is 234 g/mol. The third kappa shape index (κ3) is 2.94. The van der Waals surface area contributed by atoms with E-state index in [2.05, 4.69) is 15.3 Å². The Morgan fingerprint density at radius 3 is 2.88 bits per heavy atom. The van der Waals surface area contributed by atoms with Crippen molar-refractivity contribution in [1.82, 2.24) is 4.98 Å². The van der Waals surface area contributed by atoms with Crippen molar-refractivity contribution >= 4 is 11.8 Å². The van der Waals surface area contributed by atoms with Crippen LogP contribution in [0.5, 0.6) is 0 Å². The number of guanidine groups is 1. The zero-order valence-corrected chi connectivity index (χ0v) is 9.76. The van der Waals surface area contributed by atoms with Gasteiger partial charge >= 0.3 is 0 Å². The number of rotatable bonds is 4. The van der Waals surface area contributed by atoms with Crippen LogP contribution in [0, 0.1) is 5.41 Å². The van der Waals surface area contributed by atoms with E-state index in [1.54, 1.807) is 6.20 Å². The predicted octanol–water partition coefficient (Wildman–Crippen LogP) is 0.971. The van der Waals surface area contributed by atoms with Crippen molar-refractivity contribution in [3.05, 3.63) is 24.4 Å². The predicted molar refractivity (Wildman–Crippen MR) is 67.7 cm³/mol. The van der Waals surface area contributed by atoms with Gasteiger partial charge in [0.1, 0.15) is 5.82 Å². The molecule has 5 heteroatoms. The maximum atomic E-state index is 9.30. The average Bonchev–Trinajstić information content (AvgIpc) is 2.29. The van der Waals surface area contributed by atoms with Crippen molar-refractivity contribution in [2.45, 2.75) is 19.3 Å². The first-order valence-electron chi connectivity index (χ1n) is 5.83. The van der Waals surface area contributed by atoms with Crippen LogP contribution in [0.2, 0.25) is 0 Å². The lowest BCUT2D eigenvalue weighted by molar-refractivity contribution is 0.0540. The van der Waals surface area contributed by atoms with Crippen LogP contribution in [-0.2, 0) is 0 Å². The van der Waals surface area contributed by atoms with Crippen LogP contribution < -0.4 is 11.1 Å². The van der Waals surface area contributed by atoms with Gasteiger partial charge in [-0.1, -0.05) is 12.5 Å². The topological polar surface area (TPSA) is 83.5 Å². The number of hydrogen-bond donors (Lipinski definition) is 3. The Morgan fingerprint density at radius 2 is 2.35 bits per heavy atom. The Hall–Kier alpha value is -1.62. The van der Waals surface area contributed by atoms with E-state index >= 15 is 0 Å². The number of aromatic nitrogens is 1. The van der Waals surface area contributed by atoms with E-state index < -0.39 is 0 Å². The van der Waals surface area contributed by atoms with E-state index in [1.165, 1.54) is 6.42 Å². The molecule has 1 aliphatic rings. The van der Waals surface area contributed by atoms with Gasteiger partial charge in [0.2, 0.25) is 0 Å². The molecule has 0 saturated heterocycles. The molecule has 17 heavy (non-hydrogen) atoms. The summed E-state index contributed by atoms with van der Waals surface area (Å²) in [5.74, 6) is 1.03. The quantitative estimate of drug-likeness (QED) is 0.535. The highest BCUT2D eigenvalue weighted by Crippen LogP contribution is 2.40. The number of aliphatic hydroxyl groups excluding tert-OH is 1. The van der Waals surface area contributed by atoms with Crippen LogP contribution >= 0.6 is 0 Å². The van der Waals surface area contributed by atoms with Crippen LogP contribution in [0.3, 0.4) is 0 Å². The monoisotopic (exact) mass is 234 g/mol. The van der Waals surface area contributed by atoms with Crippen molar-refractivity contribution in [3.8, 4) is 0 Å². The van der Waals surface area contributed by atoms with Gasteiger partial charge in [-0.25, -0.2) is 4.98 Å². The zero-order chi connectivity index (χ0) is 12.1. The zero-order valence-electron chi connectivity index (χ0n) is 9.76. The number of nitrogens with zero attached hydrogens (tertiary/aromatic N) is 2. The van der Waals surface area contributed by atoms with Gasteiger partial charge in [-0.15, -0.1) is 0 Å². The first-order chi connectivity index (χ1) is 8.24. The molecular weight excluding hydrogens is 216 g/mol. The summed E-state index contributed by atoms with van der Waals surface area (Å²) >= 11 is 0. The summed E-state index contributed by atoms with van der Waals surface area (Å²) in [5.41, 5.74) is 5.73. The molecule has 0 amide bonds. The molecule has 1 aliphatic carbocycles. The lowest BCUT2D eigenvalue weighted by Gasteiger charge is -2.38. The highest BCUT2D eigenvalue weighted by Gasteiger charge is 2.36. The number of anilines is 1. The minimum atomic E-state index is -0.0313. The second-order valence-corrected chi connectivity index (χ2v) is 4.55. The van der Waals surface area contributed by atoms with Crippen molar-refractivity contribution in [2.75, 3.05) is 18.5 Å². The molecule has 1 aromatic rings. The molecule has 2 rings (SSSR count). The molecule has 0 spiro atoms. The van der Waals surface area contributed by atoms with Gasteiger partial charge in [-0.05, 0) is 25.0 Å². The molecule has 1 saturated carbocycles. The molecule has 92 valence electrons. The first kappa shape index (κ1) is 11.9. The summed E-state index contributed by atoms with van der Waals surface area (Å²) < 4.78 is 0. The minimum absolute atomic E-state index is 0.0313. The van der Waals surface area contributed by atoms with Gasteiger partial charge in [0.25, 0.3) is 0 Å². The highest BCUT2D eigenvalue weighted by molar-refractivity contribution is 5.91. The fraction of sp³-hybridized carbons (Fsp3) is 0.500. The van der Waals surface area contributed by atoms with Crippen molar-refractivity contribution in [2.24, 2.45) is 16.1 Å². The van der Waals surface area contributed by atoms with E-state index in [9.17, 15) is 5.11 Å².